The lowest BCUT2D eigenvalue weighted by Gasteiger charge is -2.08. The molecular weight excluding hydrogens is 239 g/mol. The molecule has 0 saturated heterocycles. The molecule has 0 heterocycles. The predicted octanol–water partition coefficient (Wildman–Crippen LogP) is 3.43. The topological polar surface area (TPSA) is 37.3 Å². The van der Waals surface area contributed by atoms with Gasteiger partial charge in [0.15, 0.2) is 0 Å². The van der Waals surface area contributed by atoms with E-state index < -0.39 is 11.8 Å². The highest BCUT2D eigenvalue weighted by molar-refractivity contribution is 8.00. The molecule has 15 heavy (non-hydrogen) atoms. The summed E-state index contributed by atoms with van der Waals surface area (Å²) in [6.45, 7) is 1.80. The van der Waals surface area contributed by atoms with Gasteiger partial charge in [0.25, 0.3) is 0 Å². The molecule has 5 heteroatoms. The van der Waals surface area contributed by atoms with E-state index in [0.717, 1.165) is 4.90 Å². The number of carboxylic acids is 1. The standard InChI is InChI=1S/C10H10ClFO2S/c1-6(4-10(13)14)15-7-2-3-9(12)8(11)5-7/h2-3,5-6H,4H2,1H3,(H,13,14). The van der Waals surface area contributed by atoms with Crippen molar-refractivity contribution in [3.63, 3.8) is 0 Å². The first-order valence-corrected chi connectivity index (χ1v) is 5.58. The molecule has 0 aromatic heterocycles. The molecule has 0 bridgehead atoms. The highest BCUT2D eigenvalue weighted by Gasteiger charge is 2.10. The lowest BCUT2D eigenvalue weighted by molar-refractivity contribution is -0.136. The van der Waals surface area contributed by atoms with Crippen molar-refractivity contribution in [2.45, 2.75) is 23.5 Å². The quantitative estimate of drug-likeness (QED) is 0.830. The van der Waals surface area contributed by atoms with Crippen LogP contribution in [0.2, 0.25) is 5.02 Å². The van der Waals surface area contributed by atoms with Crippen LogP contribution in [0.25, 0.3) is 0 Å². The number of benzene rings is 1. The van der Waals surface area contributed by atoms with Crippen LogP contribution in [0.5, 0.6) is 0 Å². The SMILES string of the molecule is CC(CC(=O)O)Sc1ccc(F)c(Cl)c1. The minimum Gasteiger partial charge on any atom is -0.481 e. The molecule has 0 radical (unpaired) electrons. The zero-order valence-electron chi connectivity index (χ0n) is 8.04. The van der Waals surface area contributed by atoms with Crippen LogP contribution >= 0.6 is 23.4 Å². The van der Waals surface area contributed by atoms with Gasteiger partial charge in [-0.3, -0.25) is 4.79 Å². The van der Waals surface area contributed by atoms with Crippen LogP contribution in [0.1, 0.15) is 13.3 Å². The Kier molecular flexibility index (Phi) is 4.42. The molecule has 1 aromatic rings. The third kappa shape index (κ3) is 4.10. The molecule has 1 unspecified atom stereocenters. The largest absolute Gasteiger partial charge is 0.481 e. The number of carbonyl (C=O) groups is 1. The zero-order chi connectivity index (χ0) is 11.4. The van der Waals surface area contributed by atoms with Crippen molar-refractivity contribution in [2.75, 3.05) is 0 Å². The molecule has 0 aliphatic rings. The molecule has 2 nitrogen and oxygen atoms in total. The van der Waals surface area contributed by atoms with Crippen LogP contribution in [0.15, 0.2) is 23.1 Å². The molecule has 1 N–H and O–H groups in total. The Morgan fingerprint density at radius 2 is 2.33 bits per heavy atom. The normalized spacial score (nSPS) is 12.5. The Morgan fingerprint density at radius 3 is 2.87 bits per heavy atom. The van der Waals surface area contributed by atoms with Crippen LogP contribution in [-0.4, -0.2) is 16.3 Å². The van der Waals surface area contributed by atoms with Crippen molar-refractivity contribution in [1.29, 1.82) is 0 Å². The second kappa shape index (κ2) is 5.37. The van der Waals surface area contributed by atoms with Crippen LogP contribution in [0.3, 0.4) is 0 Å². The fourth-order valence-electron chi connectivity index (χ4n) is 1.07. The number of hydrogen-bond acceptors (Lipinski definition) is 2. The second-order valence-electron chi connectivity index (χ2n) is 3.10. The van der Waals surface area contributed by atoms with Gasteiger partial charge in [0.1, 0.15) is 5.82 Å². The molecule has 1 atom stereocenters. The van der Waals surface area contributed by atoms with Gasteiger partial charge in [-0.1, -0.05) is 18.5 Å². The zero-order valence-corrected chi connectivity index (χ0v) is 9.61. The fraction of sp³-hybridized carbons (Fsp3) is 0.300. The molecule has 0 spiro atoms. The monoisotopic (exact) mass is 248 g/mol. The summed E-state index contributed by atoms with van der Waals surface area (Å²) >= 11 is 6.96. The Bertz CT molecular complexity index is 370. The lowest BCUT2D eigenvalue weighted by Crippen LogP contribution is -2.05. The maximum atomic E-state index is 12.8. The summed E-state index contributed by atoms with van der Waals surface area (Å²) < 4.78 is 12.8. The minimum absolute atomic E-state index is 0.0579. The van der Waals surface area contributed by atoms with Gasteiger partial charge in [0, 0.05) is 10.1 Å². The van der Waals surface area contributed by atoms with E-state index in [-0.39, 0.29) is 16.7 Å². The first-order valence-electron chi connectivity index (χ1n) is 4.32. The van der Waals surface area contributed by atoms with Crippen LogP contribution in [-0.2, 0) is 4.79 Å². The van der Waals surface area contributed by atoms with Gasteiger partial charge < -0.3 is 5.11 Å². The highest BCUT2D eigenvalue weighted by Crippen LogP contribution is 2.28. The van der Waals surface area contributed by atoms with Crippen LogP contribution in [0, 0.1) is 5.82 Å². The van der Waals surface area contributed by atoms with E-state index >= 15 is 0 Å². The Morgan fingerprint density at radius 1 is 1.67 bits per heavy atom. The molecule has 0 fully saturated rings. The first kappa shape index (κ1) is 12.3. The van der Waals surface area contributed by atoms with Gasteiger partial charge in [-0.15, -0.1) is 11.8 Å². The summed E-state index contributed by atoms with van der Waals surface area (Å²) in [7, 11) is 0. The third-order valence-corrected chi connectivity index (χ3v) is 3.08. The lowest BCUT2D eigenvalue weighted by atomic mass is 10.3. The summed E-state index contributed by atoms with van der Waals surface area (Å²) in [5.74, 6) is -1.31. The number of hydrogen-bond donors (Lipinski definition) is 1. The van der Waals surface area contributed by atoms with Gasteiger partial charge in [0.05, 0.1) is 11.4 Å². The van der Waals surface area contributed by atoms with Gasteiger partial charge >= 0.3 is 5.97 Å². The third-order valence-electron chi connectivity index (χ3n) is 1.69. The number of carboxylic acid groups (broad SMARTS) is 1. The number of halogens is 2. The van der Waals surface area contributed by atoms with Crippen molar-refractivity contribution in [2.24, 2.45) is 0 Å². The summed E-state index contributed by atoms with van der Waals surface area (Å²) in [5, 5.41) is 8.55. The van der Waals surface area contributed by atoms with E-state index in [9.17, 15) is 9.18 Å². The van der Waals surface area contributed by atoms with Gasteiger partial charge in [-0.05, 0) is 18.2 Å². The van der Waals surface area contributed by atoms with Gasteiger partial charge in [0.2, 0.25) is 0 Å². The van der Waals surface area contributed by atoms with Gasteiger partial charge in [-0.25, -0.2) is 4.39 Å². The van der Waals surface area contributed by atoms with E-state index in [1.807, 2.05) is 0 Å². The Balaban J connectivity index is 2.64. The fourth-order valence-corrected chi connectivity index (χ4v) is 2.34. The van der Waals surface area contributed by atoms with Crippen molar-refractivity contribution >= 4 is 29.3 Å². The Hall–Kier alpha value is -0.740. The molecule has 0 aliphatic carbocycles. The van der Waals surface area contributed by atoms with E-state index in [4.69, 9.17) is 16.7 Å². The summed E-state index contributed by atoms with van der Waals surface area (Å²) in [6.07, 6.45) is 0.0691. The van der Waals surface area contributed by atoms with Gasteiger partial charge in [-0.2, -0.15) is 0 Å². The number of aliphatic carboxylic acids is 1. The first-order chi connectivity index (χ1) is 6.99. The smallest absolute Gasteiger partial charge is 0.304 e. The van der Waals surface area contributed by atoms with Crippen molar-refractivity contribution in [1.82, 2.24) is 0 Å². The minimum atomic E-state index is -0.844. The summed E-state index contributed by atoms with van der Waals surface area (Å²) in [4.78, 5) is 11.2. The Labute approximate surface area is 96.4 Å². The molecule has 82 valence electrons. The molecule has 0 saturated carbocycles. The second-order valence-corrected chi connectivity index (χ2v) is 5.02. The molecule has 0 amide bonds. The summed E-state index contributed by atoms with van der Waals surface area (Å²) in [5.41, 5.74) is 0. The molecular formula is C10H10ClFO2S. The van der Waals surface area contributed by atoms with Crippen molar-refractivity contribution in [3.8, 4) is 0 Å². The average molecular weight is 249 g/mol. The average Bonchev–Trinajstić information content (AvgIpc) is 2.10. The maximum absolute atomic E-state index is 12.8. The van der Waals surface area contributed by atoms with Crippen molar-refractivity contribution < 1.29 is 14.3 Å². The molecule has 0 aliphatic heterocycles. The van der Waals surface area contributed by atoms with E-state index in [1.165, 1.54) is 23.9 Å². The number of rotatable bonds is 4. The van der Waals surface area contributed by atoms with Crippen LogP contribution < -0.4 is 0 Å². The van der Waals surface area contributed by atoms with E-state index in [2.05, 4.69) is 0 Å². The van der Waals surface area contributed by atoms with E-state index in [1.54, 1.807) is 13.0 Å². The summed E-state index contributed by atoms with van der Waals surface area (Å²) in [6, 6.07) is 4.36. The molecule has 1 rings (SSSR count). The number of thioether (sulfide) groups is 1. The van der Waals surface area contributed by atoms with Crippen LogP contribution in [0.4, 0.5) is 4.39 Å². The predicted molar refractivity (Wildman–Crippen MR) is 59.0 cm³/mol. The highest BCUT2D eigenvalue weighted by atomic mass is 35.5. The van der Waals surface area contributed by atoms with Crippen molar-refractivity contribution in [3.05, 3.63) is 29.0 Å². The maximum Gasteiger partial charge on any atom is 0.304 e. The molecule has 1 aromatic carbocycles. The van der Waals surface area contributed by atoms with E-state index in [0.29, 0.717) is 0 Å².